The Morgan fingerprint density at radius 3 is 2.55 bits per heavy atom. The van der Waals surface area contributed by atoms with E-state index in [2.05, 4.69) is 29.2 Å². The third-order valence-corrected chi connectivity index (χ3v) is 7.52. The smallest absolute Gasteiger partial charge is 0.253 e. The molecule has 5 nitrogen and oxygen atoms in total. The van der Waals surface area contributed by atoms with Crippen molar-refractivity contribution in [3.63, 3.8) is 0 Å². The molecule has 29 heavy (non-hydrogen) atoms. The number of likely N-dealkylation sites (tertiary alicyclic amines) is 1. The van der Waals surface area contributed by atoms with Gasteiger partial charge in [0.15, 0.2) is 9.84 Å². The van der Waals surface area contributed by atoms with E-state index in [1.165, 1.54) is 23.4 Å². The predicted octanol–water partition coefficient (Wildman–Crippen LogP) is 3.66. The van der Waals surface area contributed by atoms with Gasteiger partial charge in [-0.25, -0.2) is 8.42 Å². The van der Waals surface area contributed by atoms with Gasteiger partial charge in [0, 0.05) is 43.7 Å². The zero-order valence-electron chi connectivity index (χ0n) is 16.5. The minimum atomic E-state index is -3.48. The van der Waals surface area contributed by atoms with Crippen molar-refractivity contribution in [1.82, 2.24) is 4.90 Å². The summed E-state index contributed by atoms with van der Waals surface area (Å²) in [5.74, 6) is 0.429. The highest BCUT2D eigenvalue weighted by Gasteiger charge is 2.28. The molecule has 0 aliphatic carbocycles. The zero-order chi connectivity index (χ0) is 20.6. The van der Waals surface area contributed by atoms with E-state index in [9.17, 15) is 13.2 Å². The van der Waals surface area contributed by atoms with Crippen molar-refractivity contribution in [1.29, 1.82) is 0 Å². The van der Waals surface area contributed by atoms with Gasteiger partial charge in [-0.15, -0.1) is 0 Å². The standard InChI is InChI=1S/C22H25ClN2O3S/c1-29(27,28)21-14-18(6-7-19(21)23)22(26)24-11-8-16(9-12-24)15-25-13-10-17-4-2-3-5-20(17)25/h2-7,14,16H,8-13,15H2,1H3. The van der Waals surface area contributed by atoms with Crippen LogP contribution in [0.2, 0.25) is 5.02 Å². The molecule has 154 valence electrons. The summed E-state index contributed by atoms with van der Waals surface area (Å²) >= 11 is 6.00. The largest absolute Gasteiger partial charge is 0.371 e. The molecular weight excluding hydrogens is 408 g/mol. The van der Waals surface area contributed by atoms with Crippen LogP contribution in [0.25, 0.3) is 0 Å². The monoisotopic (exact) mass is 432 g/mol. The lowest BCUT2D eigenvalue weighted by molar-refractivity contribution is 0.0692. The lowest BCUT2D eigenvalue weighted by Gasteiger charge is -2.34. The fourth-order valence-corrected chi connectivity index (χ4v) is 5.63. The normalized spacial score (nSPS) is 17.4. The van der Waals surface area contributed by atoms with Gasteiger partial charge in [0.1, 0.15) is 0 Å². The van der Waals surface area contributed by atoms with Crippen LogP contribution in [-0.4, -0.2) is 51.7 Å². The first-order valence-corrected chi connectivity index (χ1v) is 12.2. The molecule has 2 aromatic rings. The molecule has 1 fully saturated rings. The number of benzene rings is 2. The van der Waals surface area contributed by atoms with Crippen LogP contribution in [0.5, 0.6) is 0 Å². The number of rotatable bonds is 4. The minimum absolute atomic E-state index is 0.00704. The Morgan fingerprint density at radius 1 is 1.10 bits per heavy atom. The van der Waals surface area contributed by atoms with Crippen LogP contribution in [0.15, 0.2) is 47.4 Å². The Kier molecular flexibility index (Phi) is 5.58. The quantitative estimate of drug-likeness (QED) is 0.739. The second-order valence-electron chi connectivity index (χ2n) is 7.98. The maximum Gasteiger partial charge on any atom is 0.253 e. The van der Waals surface area contributed by atoms with E-state index in [0.29, 0.717) is 24.6 Å². The number of hydrogen-bond acceptors (Lipinski definition) is 4. The van der Waals surface area contributed by atoms with Gasteiger partial charge in [0.05, 0.1) is 9.92 Å². The van der Waals surface area contributed by atoms with E-state index in [0.717, 1.165) is 38.6 Å². The predicted molar refractivity (Wildman–Crippen MR) is 116 cm³/mol. The maximum absolute atomic E-state index is 12.9. The van der Waals surface area contributed by atoms with Gasteiger partial charge < -0.3 is 9.80 Å². The Morgan fingerprint density at radius 2 is 1.83 bits per heavy atom. The van der Waals surface area contributed by atoms with Crippen LogP contribution in [0.4, 0.5) is 5.69 Å². The number of hydrogen-bond donors (Lipinski definition) is 0. The fraction of sp³-hybridized carbons (Fsp3) is 0.409. The van der Waals surface area contributed by atoms with Crippen LogP contribution >= 0.6 is 11.6 Å². The van der Waals surface area contributed by atoms with Crippen molar-refractivity contribution in [2.24, 2.45) is 5.92 Å². The number of amides is 1. The number of piperidine rings is 1. The fourth-order valence-electron chi connectivity index (χ4n) is 4.33. The van der Waals surface area contributed by atoms with Gasteiger partial charge >= 0.3 is 0 Å². The van der Waals surface area contributed by atoms with Gasteiger partial charge in [0.2, 0.25) is 0 Å². The molecule has 0 unspecified atom stereocenters. The molecule has 0 saturated carbocycles. The van der Waals surface area contributed by atoms with E-state index in [-0.39, 0.29) is 15.8 Å². The molecule has 0 radical (unpaired) electrons. The third-order valence-electron chi connectivity index (χ3n) is 5.94. The molecular formula is C22H25ClN2O3S. The summed E-state index contributed by atoms with van der Waals surface area (Å²) in [5.41, 5.74) is 3.15. The van der Waals surface area contributed by atoms with E-state index in [1.807, 2.05) is 4.90 Å². The molecule has 1 saturated heterocycles. The topological polar surface area (TPSA) is 57.7 Å². The molecule has 2 aliphatic heterocycles. The number of fused-ring (bicyclic) bond motifs is 1. The van der Waals surface area contributed by atoms with Crippen molar-refractivity contribution in [2.75, 3.05) is 37.3 Å². The van der Waals surface area contributed by atoms with Crippen LogP contribution < -0.4 is 4.90 Å². The van der Waals surface area contributed by atoms with Crippen LogP contribution in [0.3, 0.4) is 0 Å². The van der Waals surface area contributed by atoms with Crippen LogP contribution in [-0.2, 0) is 16.3 Å². The number of para-hydroxylation sites is 1. The van der Waals surface area contributed by atoms with Crippen molar-refractivity contribution in [3.05, 3.63) is 58.6 Å². The Labute approximate surface area is 177 Å². The summed E-state index contributed by atoms with van der Waals surface area (Å²) in [6.07, 6.45) is 4.12. The van der Waals surface area contributed by atoms with Gasteiger partial charge in [-0.2, -0.15) is 0 Å². The van der Waals surface area contributed by atoms with E-state index in [1.54, 1.807) is 6.07 Å². The van der Waals surface area contributed by atoms with Crippen LogP contribution in [0.1, 0.15) is 28.8 Å². The van der Waals surface area contributed by atoms with E-state index < -0.39 is 9.84 Å². The summed E-state index contributed by atoms with van der Waals surface area (Å²) in [4.78, 5) is 17.2. The lowest BCUT2D eigenvalue weighted by atomic mass is 9.95. The second-order valence-corrected chi connectivity index (χ2v) is 10.4. The summed E-state index contributed by atoms with van der Waals surface area (Å²) < 4.78 is 23.8. The number of anilines is 1. The van der Waals surface area contributed by atoms with Crippen molar-refractivity contribution < 1.29 is 13.2 Å². The second kappa shape index (κ2) is 8.00. The lowest BCUT2D eigenvalue weighted by Crippen LogP contribution is -2.41. The van der Waals surface area contributed by atoms with Crippen molar-refractivity contribution in [3.8, 4) is 0 Å². The highest BCUT2D eigenvalue weighted by Crippen LogP contribution is 2.30. The molecule has 1 amide bonds. The molecule has 2 heterocycles. The Hall–Kier alpha value is -2.05. The molecule has 0 N–H and O–H groups in total. The van der Waals surface area contributed by atoms with Gasteiger partial charge in [-0.1, -0.05) is 29.8 Å². The molecule has 0 atom stereocenters. The summed E-state index contributed by atoms with van der Waals surface area (Å²) in [5, 5.41) is 0.147. The first kappa shape index (κ1) is 20.2. The SMILES string of the molecule is CS(=O)(=O)c1cc(C(=O)N2CCC(CN3CCc4ccccc43)CC2)ccc1Cl. The van der Waals surface area contributed by atoms with Gasteiger partial charge in [0.25, 0.3) is 5.91 Å². The van der Waals surface area contributed by atoms with Crippen LogP contribution in [0, 0.1) is 5.92 Å². The molecule has 7 heteroatoms. The summed E-state index contributed by atoms with van der Waals surface area (Å²) in [7, 11) is -3.48. The van der Waals surface area contributed by atoms with Crippen molar-refractivity contribution >= 4 is 33.0 Å². The molecule has 2 aliphatic rings. The summed E-state index contributed by atoms with van der Waals surface area (Å²) in [6.45, 7) is 3.47. The summed E-state index contributed by atoms with van der Waals surface area (Å²) in [6, 6.07) is 13.1. The maximum atomic E-state index is 12.9. The van der Waals surface area contributed by atoms with Gasteiger partial charge in [-0.05, 0) is 55.0 Å². The van der Waals surface area contributed by atoms with Crippen molar-refractivity contribution in [2.45, 2.75) is 24.2 Å². The third kappa shape index (κ3) is 4.28. The van der Waals surface area contributed by atoms with E-state index >= 15 is 0 Å². The van der Waals surface area contributed by atoms with E-state index in [4.69, 9.17) is 11.6 Å². The molecule has 0 aromatic heterocycles. The Balaban J connectivity index is 1.38. The number of halogens is 1. The number of sulfone groups is 1. The van der Waals surface area contributed by atoms with Gasteiger partial charge in [-0.3, -0.25) is 4.79 Å². The Bertz CT molecular complexity index is 1030. The highest BCUT2D eigenvalue weighted by atomic mass is 35.5. The number of carbonyl (C=O) groups excluding carboxylic acids is 1. The molecule has 0 bridgehead atoms. The minimum Gasteiger partial charge on any atom is -0.371 e. The highest BCUT2D eigenvalue weighted by molar-refractivity contribution is 7.90. The molecule has 0 spiro atoms. The average molecular weight is 433 g/mol. The zero-order valence-corrected chi connectivity index (χ0v) is 18.0. The average Bonchev–Trinajstić information content (AvgIpc) is 3.10. The number of carbonyl (C=O) groups is 1. The molecule has 2 aromatic carbocycles. The first-order chi connectivity index (χ1) is 13.8. The molecule has 4 rings (SSSR count). The first-order valence-electron chi connectivity index (χ1n) is 9.94. The number of nitrogens with zero attached hydrogens (tertiary/aromatic N) is 2.